The molecule has 2 N–H and O–H groups in total. The number of nitrogens with zero attached hydrogens (tertiary/aromatic N) is 1. The third kappa shape index (κ3) is 1.99. The molecule has 3 unspecified atom stereocenters. The highest BCUT2D eigenvalue weighted by molar-refractivity contribution is 5.29. The summed E-state index contributed by atoms with van der Waals surface area (Å²) in [5.74, 6) is 1.11. The van der Waals surface area contributed by atoms with Gasteiger partial charge >= 0.3 is 0 Å². The summed E-state index contributed by atoms with van der Waals surface area (Å²) in [6, 6.07) is 4.54. The number of halogens is 1. The van der Waals surface area contributed by atoms with Gasteiger partial charge in [0.15, 0.2) is 0 Å². The molecule has 1 aromatic carbocycles. The van der Waals surface area contributed by atoms with E-state index in [1.165, 1.54) is 6.07 Å². The largest absolute Gasteiger partial charge is 0.508 e. The average Bonchev–Trinajstić information content (AvgIpc) is 2.87. The quantitative estimate of drug-likeness (QED) is 0.839. The van der Waals surface area contributed by atoms with Crippen LogP contribution in [0.4, 0.5) is 4.39 Å². The van der Waals surface area contributed by atoms with Crippen molar-refractivity contribution in [2.24, 2.45) is 11.8 Å². The van der Waals surface area contributed by atoms with Crippen molar-refractivity contribution in [3.63, 3.8) is 0 Å². The Morgan fingerprint density at radius 2 is 2.00 bits per heavy atom. The molecule has 0 aromatic heterocycles. The van der Waals surface area contributed by atoms with Crippen LogP contribution in [0, 0.1) is 17.7 Å². The smallest absolute Gasteiger partial charge is 0.131 e. The number of hydrogen-bond donors (Lipinski definition) is 2. The molecule has 98 valence electrons. The van der Waals surface area contributed by atoms with Gasteiger partial charge in [0, 0.05) is 30.8 Å². The highest BCUT2D eigenvalue weighted by Crippen LogP contribution is 2.34. The van der Waals surface area contributed by atoms with Crippen LogP contribution in [-0.4, -0.2) is 36.2 Å². The van der Waals surface area contributed by atoms with Gasteiger partial charge in [-0.3, -0.25) is 4.90 Å². The zero-order valence-electron chi connectivity index (χ0n) is 10.6. The first-order valence-electron chi connectivity index (χ1n) is 6.58. The van der Waals surface area contributed by atoms with Gasteiger partial charge in [-0.15, -0.1) is 0 Å². The van der Waals surface area contributed by atoms with Crippen LogP contribution in [0.2, 0.25) is 0 Å². The predicted octanol–water partition coefficient (Wildman–Crippen LogP) is 1.74. The molecule has 2 aliphatic heterocycles. The number of fused-ring (bicyclic) bond motifs is 1. The molecule has 2 saturated heterocycles. The number of benzene rings is 1. The molecule has 1 aromatic rings. The van der Waals surface area contributed by atoms with E-state index in [1.807, 2.05) is 6.92 Å². The first-order chi connectivity index (χ1) is 8.65. The molecule has 0 amide bonds. The minimum absolute atomic E-state index is 0.00839. The lowest BCUT2D eigenvalue weighted by Gasteiger charge is -2.26. The van der Waals surface area contributed by atoms with Crippen molar-refractivity contribution in [1.29, 1.82) is 0 Å². The maximum absolute atomic E-state index is 13.8. The van der Waals surface area contributed by atoms with E-state index >= 15 is 0 Å². The maximum atomic E-state index is 13.8. The summed E-state index contributed by atoms with van der Waals surface area (Å²) in [4.78, 5) is 2.35. The molecule has 0 bridgehead atoms. The number of rotatable bonds is 2. The Labute approximate surface area is 107 Å². The number of nitrogens with one attached hydrogen (secondary N) is 1. The molecule has 18 heavy (non-hydrogen) atoms. The Morgan fingerprint density at radius 3 is 2.61 bits per heavy atom. The van der Waals surface area contributed by atoms with Gasteiger partial charge in [0.2, 0.25) is 0 Å². The number of hydrogen-bond acceptors (Lipinski definition) is 3. The van der Waals surface area contributed by atoms with Gasteiger partial charge in [-0.1, -0.05) is 6.07 Å². The van der Waals surface area contributed by atoms with Gasteiger partial charge in [0.05, 0.1) is 0 Å². The number of likely N-dealkylation sites (tertiary alicyclic amines) is 1. The average molecular weight is 250 g/mol. The number of phenolic OH excluding ortho intramolecular Hbond substituents is 1. The van der Waals surface area contributed by atoms with Gasteiger partial charge in [-0.2, -0.15) is 0 Å². The highest BCUT2D eigenvalue weighted by Gasteiger charge is 2.38. The fraction of sp³-hybridized carbons (Fsp3) is 0.571. The predicted molar refractivity (Wildman–Crippen MR) is 67.9 cm³/mol. The zero-order chi connectivity index (χ0) is 12.7. The summed E-state index contributed by atoms with van der Waals surface area (Å²) in [5.41, 5.74) is 0.681. The topological polar surface area (TPSA) is 35.5 Å². The lowest BCUT2D eigenvalue weighted by Crippen LogP contribution is -2.29. The van der Waals surface area contributed by atoms with Gasteiger partial charge in [-0.05, 0) is 37.9 Å². The molecule has 0 spiro atoms. The van der Waals surface area contributed by atoms with Crippen molar-refractivity contribution in [3.8, 4) is 5.75 Å². The second-order valence-electron chi connectivity index (χ2n) is 5.51. The van der Waals surface area contributed by atoms with E-state index < -0.39 is 0 Å². The summed E-state index contributed by atoms with van der Waals surface area (Å²) in [7, 11) is 0. The second-order valence-corrected chi connectivity index (χ2v) is 5.51. The van der Waals surface area contributed by atoms with Crippen LogP contribution in [0.1, 0.15) is 18.5 Å². The molecule has 3 nitrogen and oxygen atoms in total. The van der Waals surface area contributed by atoms with E-state index in [0.29, 0.717) is 17.4 Å². The van der Waals surface area contributed by atoms with Gasteiger partial charge in [0.25, 0.3) is 0 Å². The van der Waals surface area contributed by atoms with Crippen LogP contribution in [0.5, 0.6) is 5.75 Å². The Hall–Kier alpha value is -1.13. The Kier molecular flexibility index (Phi) is 2.99. The van der Waals surface area contributed by atoms with Crippen LogP contribution in [-0.2, 0) is 0 Å². The molecule has 3 atom stereocenters. The van der Waals surface area contributed by atoms with Crippen molar-refractivity contribution in [3.05, 3.63) is 29.6 Å². The fourth-order valence-electron chi connectivity index (χ4n) is 3.26. The maximum Gasteiger partial charge on any atom is 0.131 e. The van der Waals surface area contributed by atoms with Gasteiger partial charge in [-0.25, -0.2) is 4.39 Å². The van der Waals surface area contributed by atoms with Crippen molar-refractivity contribution >= 4 is 0 Å². The van der Waals surface area contributed by atoms with Gasteiger partial charge < -0.3 is 10.4 Å². The Morgan fingerprint density at radius 1 is 1.33 bits per heavy atom. The third-order valence-electron chi connectivity index (χ3n) is 4.40. The molecule has 0 radical (unpaired) electrons. The van der Waals surface area contributed by atoms with Gasteiger partial charge in [0.1, 0.15) is 11.6 Å². The molecule has 2 aliphatic rings. The SMILES string of the molecule is CC(c1ccc(O)cc1F)N1CC2CNCC2C1. The lowest BCUT2D eigenvalue weighted by atomic mass is 10.0. The minimum Gasteiger partial charge on any atom is -0.508 e. The third-order valence-corrected chi connectivity index (χ3v) is 4.40. The molecule has 3 rings (SSSR count). The normalized spacial score (nSPS) is 29.4. The van der Waals surface area contributed by atoms with Crippen LogP contribution in [0.15, 0.2) is 18.2 Å². The van der Waals surface area contributed by atoms with E-state index in [1.54, 1.807) is 12.1 Å². The van der Waals surface area contributed by atoms with Crippen LogP contribution in [0.3, 0.4) is 0 Å². The summed E-state index contributed by atoms with van der Waals surface area (Å²) >= 11 is 0. The standard InChI is InChI=1S/C14H19FN2O/c1-9(13-3-2-12(18)4-14(13)15)17-7-10-5-16-6-11(10)8-17/h2-4,9-11,16,18H,5-8H2,1H3. The highest BCUT2D eigenvalue weighted by atomic mass is 19.1. The molecule has 0 saturated carbocycles. The van der Waals surface area contributed by atoms with E-state index in [4.69, 9.17) is 0 Å². The van der Waals surface area contributed by atoms with Crippen molar-refractivity contribution in [2.45, 2.75) is 13.0 Å². The molecule has 4 heteroatoms. The monoisotopic (exact) mass is 250 g/mol. The second kappa shape index (κ2) is 4.52. The molecule has 2 heterocycles. The Balaban J connectivity index is 1.76. The van der Waals surface area contributed by atoms with Crippen LogP contribution >= 0.6 is 0 Å². The summed E-state index contributed by atoms with van der Waals surface area (Å²) in [5, 5.41) is 12.7. The van der Waals surface area contributed by atoms with Crippen LogP contribution < -0.4 is 5.32 Å². The fourth-order valence-corrected chi connectivity index (χ4v) is 3.26. The van der Waals surface area contributed by atoms with E-state index in [9.17, 15) is 9.50 Å². The minimum atomic E-state index is -0.308. The van der Waals surface area contributed by atoms with Crippen molar-refractivity contribution in [2.75, 3.05) is 26.2 Å². The molecule has 0 aliphatic carbocycles. The molecular weight excluding hydrogens is 231 g/mol. The zero-order valence-corrected chi connectivity index (χ0v) is 10.6. The summed E-state index contributed by atoms with van der Waals surface area (Å²) in [6.45, 7) is 6.31. The number of phenols is 1. The van der Waals surface area contributed by atoms with Crippen LogP contribution in [0.25, 0.3) is 0 Å². The van der Waals surface area contributed by atoms with E-state index in [-0.39, 0.29) is 17.6 Å². The first-order valence-corrected chi connectivity index (χ1v) is 6.58. The van der Waals surface area contributed by atoms with Crippen molar-refractivity contribution in [1.82, 2.24) is 10.2 Å². The lowest BCUT2D eigenvalue weighted by molar-refractivity contribution is 0.239. The van der Waals surface area contributed by atoms with E-state index in [2.05, 4.69) is 10.2 Å². The summed E-state index contributed by atoms with van der Waals surface area (Å²) < 4.78 is 13.8. The molecular formula is C14H19FN2O. The summed E-state index contributed by atoms with van der Waals surface area (Å²) in [6.07, 6.45) is 0. The Bertz CT molecular complexity index is 439. The van der Waals surface area contributed by atoms with Crippen molar-refractivity contribution < 1.29 is 9.50 Å². The first kappa shape index (κ1) is 11.9. The van der Waals surface area contributed by atoms with E-state index in [0.717, 1.165) is 26.2 Å². The number of aromatic hydroxyl groups is 1. The molecule has 2 fully saturated rings.